The number of halogens is 1. The highest BCUT2D eigenvalue weighted by atomic mass is 19.1. The van der Waals surface area contributed by atoms with Crippen molar-refractivity contribution in [2.24, 2.45) is 0 Å². The first-order valence-electron chi connectivity index (χ1n) is 7.18. The Morgan fingerprint density at radius 3 is 3.00 bits per heavy atom. The first-order chi connectivity index (χ1) is 10.1. The quantitative estimate of drug-likeness (QED) is 0.871. The summed E-state index contributed by atoms with van der Waals surface area (Å²) in [7, 11) is 0. The van der Waals surface area contributed by atoms with Gasteiger partial charge in [0.2, 0.25) is 5.95 Å². The van der Waals surface area contributed by atoms with E-state index in [9.17, 15) is 14.3 Å². The Morgan fingerprint density at radius 2 is 2.19 bits per heavy atom. The Morgan fingerprint density at radius 1 is 1.38 bits per heavy atom. The summed E-state index contributed by atoms with van der Waals surface area (Å²) in [6, 6.07) is 3.53. The van der Waals surface area contributed by atoms with Crippen molar-refractivity contribution in [1.82, 2.24) is 14.3 Å². The monoisotopic (exact) mass is 291 g/mol. The van der Waals surface area contributed by atoms with E-state index in [1.165, 1.54) is 4.40 Å². The largest absolute Gasteiger partial charge is 0.393 e. The van der Waals surface area contributed by atoms with Crippen LogP contribution >= 0.6 is 0 Å². The van der Waals surface area contributed by atoms with E-state index in [4.69, 9.17) is 0 Å². The summed E-state index contributed by atoms with van der Waals surface area (Å²) < 4.78 is 15.7. The average Bonchev–Trinajstić information content (AvgIpc) is 2.64. The third-order valence-corrected chi connectivity index (χ3v) is 3.90. The highest BCUT2D eigenvalue weighted by Crippen LogP contribution is 2.17. The van der Waals surface area contributed by atoms with Gasteiger partial charge in [-0.1, -0.05) is 6.07 Å². The Balaban J connectivity index is 1.92. The van der Waals surface area contributed by atoms with E-state index in [0.717, 1.165) is 12.0 Å². The molecule has 3 heterocycles. The molecule has 1 amide bonds. The molecule has 0 bridgehead atoms. The third-order valence-electron chi connectivity index (χ3n) is 3.90. The van der Waals surface area contributed by atoms with Crippen molar-refractivity contribution in [2.75, 3.05) is 13.1 Å². The summed E-state index contributed by atoms with van der Waals surface area (Å²) in [5, 5.41) is 9.63. The van der Waals surface area contributed by atoms with Crippen LogP contribution in [-0.4, -0.2) is 44.5 Å². The van der Waals surface area contributed by atoms with Gasteiger partial charge in [0, 0.05) is 19.3 Å². The zero-order chi connectivity index (χ0) is 15.0. The fourth-order valence-electron chi connectivity index (χ4n) is 2.69. The molecule has 6 heteroatoms. The minimum Gasteiger partial charge on any atom is -0.393 e. The topological polar surface area (TPSA) is 57.8 Å². The Bertz CT molecular complexity index is 683. The van der Waals surface area contributed by atoms with Crippen molar-refractivity contribution < 1.29 is 14.3 Å². The van der Waals surface area contributed by atoms with E-state index in [2.05, 4.69) is 4.98 Å². The van der Waals surface area contributed by atoms with Crippen molar-refractivity contribution in [1.29, 1.82) is 0 Å². The SMILES string of the molecule is Cc1ccc2nc(C(=O)N3CCCC(O)CC3)c(F)n2c1. The van der Waals surface area contributed by atoms with Crippen molar-refractivity contribution >= 4 is 11.6 Å². The molecule has 3 rings (SSSR count). The van der Waals surface area contributed by atoms with Crippen LogP contribution < -0.4 is 0 Å². The number of aryl methyl sites for hydroxylation is 1. The normalized spacial score (nSPS) is 19.8. The molecule has 1 N–H and O–H groups in total. The van der Waals surface area contributed by atoms with Crippen molar-refractivity contribution in [3.05, 3.63) is 35.5 Å². The summed E-state index contributed by atoms with van der Waals surface area (Å²) in [6.07, 6.45) is 3.18. The lowest BCUT2D eigenvalue weighted by Crippen LogP contribution is -2.33. The lowest BCUT2D eigenvalue weighted by molar-refractivity contribution is 0.0742. The minimum absolute atomic E-state index is 0.142. The standard InChI is InChI=1S/C15H18FN3O2/c1-10-4-5-12-17-13(14(16)19(12)9-10)15(21)18-7-2-3-11(20)6-8-18/h4-5,9,11,20H,2-3,6-8H2,1H3. The number of aromatic nitrogens is 2. The summed E-state index contributed by atoms with van der Waals surface area (Å²) in [5.41, 5.74) is 1.18. The number of pyridine rings is 1. The molecule has 1 aliphatic heterocycles. The number of rotatable bonds is 1. The van der Waals surface area contributed by atoms with Crippen LogP contribution in [0.15, 0.2) is 18.3 Å². The van der Waals surface area contributed by atoms with Crippen LogP contribution in [0.4, 0.5) is 4.39 Å². The van der Waals surface area contributed by atoms with Gasteiger partial charge in [0.1, 0.15) is 5.65 Å². The van der Waals surface area contributed by atoms with Gasteiger partial charge in [-0.2, -0.15) is 4.39 Å². The lowest BCUT2D eigenvalue weighted by Gasteiger charge is -2.18. The molecule has 112 valence electrons. The number of hydrogen-bond donors (Lipinski definition) is 1. The van der Waals surface area contributed by atoms with Gasteiger partial charge < -0.3 is 10.0 Å². The van der Waals surface area contributed by atoms with Gasteiger partial charge in [-0.25, -0.2) is 4.98 Å². The van der Waals surface area contributed by atoms with Crippen LogP contribution in [0, 0.1) is 12.9 Å². The van der Waals surface area contributed by atoms with Gasteiger partial charge in [0.25, 0.3) is 5.91 Å². The number of nitrogens with zero attached hydrogens (tertiary/aromatic N) is 3. The number of imidazole rings is 1. The number of amides is 1. The molecule has 21 heavy (non-hydrogen) atoms. The van der Waals surface area contributed by atoms with Gasteiger partial charge in [-0.05, 0) is 37.8 Å². The third kappa shape index (κ3) is 2.63. The molecule has 1 unspecified atom stereocenters. The number of carbonyl (C=O) groups is 1. The molecule has 1 fully saturated rings. The van der Waals surface area contributed by atoms with Crippen LogP contribution in [0.2, 0.25) is 0 Å². The minimum atomic E-state index is -0.622. The van der Waals surface area contributed by atoms with Crippen LogP contribution in [-0.2, 0) is 0 Å². The molecule has 1 saturated heterocycles. The number of hydrogen-bond acceptors (Lipinski definition) is 3. The van der Waals surface area contributed by atoms with Gasteiger partial charge in [-0.15, -0.1) is 0 Å². The Hall–Kier alpha value is -1.95. The van der Waals surface area contributed by atoms with E-state index in [-0.39, 0.29) is 11.8 Å². The lowest BCUT2D eigenvalue weighted by atomic mass is 10.2. The van der Waals surface area contributed by atoms with E-state index >= 15 is 0 Å². The molecule has 1 aliphatic rings. The van der Waals surface area contributed by atoms with E-state index < -0.39 is 11.9 Å². The van der Waals surface area contributed by atoms with E-state index in [1.54, 1.807) is 17.2 Å². The second-order valence-corrected chi connectivity index (χ2v) is 5.56. The van der Waals surface area contributed by atoms with Gasteiger partial charge in [0.05, 0.1) is 6.10 Å². The van der Waals surface area contributed by atoms with E-state index in [1.807, 2.05) is 13.0 Å². The van der Waals surface area contributed by atoms with E-state index in [0.29, 0.717) is 31.6 Å². The molecular weight excluding hydrogens is 273 g/mol. The summed E-state index contributed by atoms with van der Waals surface area (Å²) in [4.78, 5) is 18.2. The van der Waals surface area contributed by atoms with Gasteiger partial charge >= 0.3 is 0 Å². The summed E-state index contributed by atoms with van der Waals surface area (Å²) in [6.45, 7) is 2.82. The summed E-state index contributed by atoms with van der Waals surface area (Å²) in [5.74, 6) is -1.02. The first-order valence-corrected chi connectivity index (χ1v) is 7.18. The molecule has 0 saturated carbocycles. The smallest absolute Gasteiger partial charge is 0.277 e. The predicted octanol–water partition coefficient (Wildman–Crippen LogP) is 1.77. The van der Waals surface area contributed by atoms with Crippen molar-refractivity contribution in [3.8, 4) is 0 Å². The number of aliphatic hydroxyl groups excluding tert-OH is 1. The van der Waals surface area contributed by atoms with Crippen molar-refractivity contribution in [2.45, 2.75) is 32.3 Å². The number of fused-ring (bicyclic) bond motifs is 1. The maximum Gasteiger partial charge on any atom is 0.277 e. The Kier molecular flexibility index (Phi) is 3.63. The van der Waals surface area contributed by atoms with Gasteiger partial charge in [-0.3, -0.25) is 9.20 Å². The average molecular weight is 291 g/mol. The zero-order valence-electron chi connectivity index (χ0n) is 11.9. The molecular formula is C15H18FN3O2. The maximum absolute atomic E-state index is 14.4. The molecule has 0 radical (unpaired) electrons. The fourth-order valence-corrected chi connectivity index (χ4v) is 2.69. The van der Waals surface area contributed by atoms with Crippen molar-refractivity contribution in [3.63, 3.8) is 0 Å². The molecule has 0 aromatic carbocycles. The second kappa shape index (κ2) is 5.44. The highest BCUT2D eigenvalue weighted by Gasteiger charge is 2.26. The van der Waals surface area contributed by atoms with Crippen LogP contribution in [0.1, 0.15) is 35.3 Å². The first kappa shape index (κ1) is 14.0. The number of carbonyl (C=O) groups excluding carboxylic acids is 1. The highest BCUT2D eigenvalue weighted by molar-refractivity contribution is 5.93. The summed E-state index contributed by atoms with van der Waals surface area (Å²) >= 11 is 0. The molecule has 2 aromatic heterocycles. The fraction of sp³-hybridized carbons (Fsp3) is 0.467. The zero-order valence-corrected chi connectivity index (χ0v) is 11.9. The van der Waals surface area contributed by atoms with Crippen LogP contribution in [0.25, 0.3) is 5.65 Å². The number of aliphatic hydroxyl groups is 1. The maximum atomic E-state index is 14.4. The Labute approximate surface area is 122 Å². The predicted molar refractivity (Wildman–Crippen MR) is 75.6 cm³/mol. The van der Waals surface area contributed by atoms with Crippen LogP contribution in [0.3, 0.4) is 0 Å². The number of likely N-dealkylation sites (tertiary alicyclic amines) is 1. The molecule has 0 spiro atoms. The molecule has 5 nitrogen and oxygen atoms in total. The molecule has 0 aliphatic carbocycles. The van der Waals surface area contributed by atoms with Gasteiger partial charge in [0.15, 0.2) is 5.69 Å². The van der Waals surface area contributed by atoms with Crippen LogP contribution in [0.5, 0.6) is 0 Å². The molecule has 2 aromatic rings. The molecule has 1 atom stereocenters. The second-order valence-electron chi connectivity index (χ2n) is 5.56.